The molecule has 1 heterocycles. The Bertz CT molecular complexity index is 792. The fourth-order valence-corrected chi connectivity index (χ4v) is 1.99. The lowest BCUT2D eigenvalue weighted by atomic mass is 10.1. The molecule has 0 radical (unpaired) electrons. The number of hydrogen-bond donors (Lipinski definition) is 0. The van der Waals surface area contributed by atoms with Gasteiger partial charge in [-0.05, 0) is 54.6 Å². The molecule has 0 fully saturated rings. The third-order valence-electron chi connectivity index (χ3n) is 3.11. The normalized spacial score (nSPS) is 10.5. The van der Waals surface area contributed by atoms with Crippen molar-refractivity contribution in [1.82, 2.24) is 9.78 Å². The first-order valence-electron chi connectivity index (χ1n) is 6.72. The molecule has 1 aromatic heterocycles. The number of aromatic nitrogens is 2. The van der Waals surface area contributed by atoms with Gasteiger partial charge in [0.2, 0.25) is 5.91 Å². The number of nitrogens with zero attached hydrogens (tertiary/aromatic N) is 2. The van der Waals surface area contributed by atoms with E-state index in [0.717, 1.165) is 5.56 Å². The van der Waals surface area contributed by atoms with Gasteiger partial charge in [0, 0.05) is 18.7 Å². The average molecular weight is 296 g/mol. The quantitative estimate of drug-likeness (QED) is 0.729. The van der Waals surface area contributed by atoms with Gasteiger partial charge in [0.1, 0.15) is 17.3 Å². The van der Waals surface area contributed by atoms with Crippen LogP contribution in [-0.4, -0.2) is 15.7 Å². The van der Waals surface area contributed by atoms with Crippen LogP contribution in [0.15, 0.2) is 60.8 Å². The molecule has 3 rings (SSSR count). The minimum absolute atomic E-state index is 0.137. The van der Waals surface area contributed by atoms with Crippen LogP contribution in [0.25, 0.3) is 11.3 Å². The summed E-state index contributed by atoms with van der Waals surface area (Å²) < 4.78 is 19.7. The lowest BCUT2D eigenvalue weighted by molar-refractivity contribution is 0.0921. The van der Waals surface area contributed by atoms with E-state index in [1.807, 2.05) is 12.1 Å². The van der Waals surface area contributed by atoms with Gasteiger partial charge < -0.3 is 4.74 Å². The summed E-state index contributed by atoms with van der Waals surface area (Å²) >= 11 is 0. The molecule has 0 aliphatic carbocycles. The first-order valence-corrected chi connectivity index (χ1v) is 6.72. The van der Waals surface area contributed by atoms with Crippen molar-refractivity contribution in [2.45, 2.75) is 6.92 Å². The van der Waals surface area contributed by atoms with Gasteiger partial charge in [-0.3, -0.25) is 4.79 Å². The van der Waals surface area contributed by atoms with Gasteiger partial charge in [-0.1, -0.05) is 0 Å². The molecule has 0 saturated heterocycles. The Labute approximate surface area is 126 Å². The number of carbonyl (C=O) groups excluding carboxylic acids is 1. The molecule has 0 aliphatic heterocycles. The first-order chi connectivity index (χ1) is 10.6. The van der Waals surface area contributed by atoms with Crippen LogP contribution in [-0.2, 0) is 0 Å². The van der Waals surface area contributed by atoms with Gasteiger partial charge in [-0.15, -0.1) is 0 Å². The highest BCUT2D eigenvalue weighted by Crippen LogP contribution is 2.25. The zero-order valence-electron chi connectivity index (χ0n) is 11.9. The predicted molar refractivity (Wildman–Crippen MR) is 80.4 cm³/mol. The molecule has 0 atom stereocenters. The molecule has 0 unspecified atom stereocenters. The molecule has 0 N–H and O–H groups in total. The van der Waals surface area contributed by atoms with E-state index in [1.165, 1.54) is 23.7 Å². The summed E-state index contributed by atoms with van der Waals surface area (Å²) in [5, 5.41) is 4.19. The number of carbonyl (C=O) groups is 1. The summed E-state index contributed by atoms with van der Waals surface area (Å²) in [6.45, 7) is 1.45. The van der Waals surface area contributed by atoms with Crippen molar-refractivity contribution in [1.29, 1.82) is 0 Å². The molecule has 110 valence electrons. The Morgan fingerprint density at radius 1 is 1.00 bits per heavy atom. The minimum atomic E-state index is -0.302. The molecule has 2 aromatic carbocycles. The summed E-state index contributed by atoms with van der Waals surface area (Å²) in [4.78, 5) is 11.2. The van der Waals surface area contributed by atoms with E-state index in [1.54, 1.807) is 36.5 Å². The van der Waals surface area contributed by atoms with E-state index in [0.29, 0.717) is 17.2 Å². The molecule has 0 bridgehead atoms. The first kappa shape index (κ1) is 14.0. The smallest absolute Gasteiger partial charge is 0.243 e. The number of halogens is 1. The standard InChI is InChI=1S/C17H13FN2O2/c1-12(21)20-11-10-17(19-20)13-2-6-15(7-3-13)22-16-8-4-14(18)5-9-16/h2-11H,1H3. The second-order valence-electron chi connectivity index (χ2n) is 4.74. The van der Waals surface area contributed by atoms with Crippen molar-refractivity contribution in [2.24, 2.45) is 0 Å². The van der Waals surface area contributed by atoms with E-state index in [2.05, 4.69) is 5.10 Å². The molecule has 0 amide bonds. The largest absolute Gasteiger partial charge is 0.457 e. The molecular weight excluding hydrogens is 283 g/mol. The fraction of sp³-hybridized carbons (Fsp3) is 0.0588. The highest BCUT2D eigenvalue weighted by atomic mass is 19.1. The van der Waals surface area contributed by atoms with Gasteiger partial charge in [0.25, 0.3) is 0 Å². The van der Waals surface area contributed by atoms with Gasteiger partial charge >= 0.3 is 0 Å². The van der Waals surface area contributed by atoms with E-state index < -0.39 is 0 Å². The van der Waals surface area contributed by atoms with Crippen LogP contribution in [0.2, 0.25) is 0 Å². The lowest BCUT2D eigenvalue weighted by Crippen LogP contribution is -2.05. The molecule has 0 spiro atoms. The summed E-state index contributed by atoms with van der Waals surface area (Å²) in [5.41, 5.74) is 1.59. The van der Waals surface area contributed by atoms with Crippen molar-refractivity contribution in [3.05, 3.63) is 66.6 Å². The SMILES string of the molecule is CC(=O)n1ccc(-c2ccc(Oc3ccc(F)cc3)cc2)n1. The zero-order chi connectivity index (χ0) is 15.5. The fourth-order valence-electron chi connectivity index (χ4n) is 1.99. The average Bonchev–Trinajstić information content (AvgIpc) is 3.00. The van der Waals surface area contributed by atoms with Crippen molar-refractivity contribution in [3.63, 3.8) is 0 Å². The van der Waals surface area contributed by atoms with Gasteiger partial charge in [-0.25, -0.2) is 9.07 Å². The van der Waals surface area contributed by atoms with E-state index in [9.17, 15) is 9.18 Å². The third-order valence-corrected chi connectivity index (χ3v) is 3.11. The summed E-state index contributed by atoms with van der Waals surface area (Å²) in [6.07, 6.45) is 1.63. The summed E-state index contributed by atoms with van der Waals surface area (Å²) in [6, 6.07) is 14.9. The van der Waals surface area contributed by atoms with E-state index in [4.69, 9.17) is 4.74 Å². The highest BCUT2D eigenvalue weighted by Gasteiger charge is 2.05. The van der Waals surface area contributed by atoms with Gasteiger partial charge in [0.15, 0.2) is 0 Å². The maximum absolute atomic E-state index is 12.8. The van der Waals surface area contributed by atoms with Crippen LogP contribution >= 0.6 is 0 Å². The number of rotatable bonds is 3. The zero-order valence-corrected chi connectivity index (χ0v) is 11.9. The van der Waals surface area contributed by atoms with Crippen LogP contribution in [0.5, 0.6) is 11.5 Å². The Hall–Kier alpha value is -2.95. The highest BCUT2D eigenvalue weighted by molar-refractivity contribution is 5.76. The molecule has 3 aromatic rings. The molecule has 0 aliphatic rings. The van der Waals surface area contributed by atoms with Crippen LogP contribution in [0.3, 0.4) is 0 Å². The summed E-state index contributed by atoms with van der Waals surface area (Å²) in [7, 11) is 0. The van der Waals surface area contributed by atoms with Gasteiger partial charge in [0.05, 0.1) is 5.69 Å². The van der Waals surface area contributed by atoms with Crippen molar-refractivity contribution >= 4 is 5.91 Å². The van der Waals surface area contributed by atoms with E-state index in [-0.39, 0.29) is 11.7 Å². The minimum Gasteiger partial charge on any atom is -0.457 e. The maximum Gasteiger partial charge on any atom is 0.243 e. The van der Waals surface area contributed by atoms with Crippen molar-refractivity contribution in [2.75, 3.05) is 0 Å². The Kier molecular flexibility index (Phi) is 3.70. The van der Waals surface area contributed by atoms with Crippen LogP contribution in [0.4, 0.5) is 4.39 Å². The maximum atomic E-state index is 12.8. The number of ether oxygens (including phenoxy) is 1. The van der Waals surface area contributed by atoms with Crippen LogP contribution < -0.4 is 4.74 Å². The molecule has 0 saturated carbocycles. The van der Waals surface area contributed by atoms with E-state index >= 15 is 0 Å². The molecule has 4 nitrogen and oxygen atoms in total. The monoisotopic (exact) mass is 296 g/mol. The lowest BCUT2D eigenvalue weighted by Gasteiger charge is -2.06. The third kappa shape index (κ3) is 3.03. The molecule has 22 heavy (non-hydrogen) atoms. The van der Waals surface area contributed by atoms with Crippen LogP contribution in [0, 0.1) is 5.82 Å². The Balaban J connectivity index is 1.77. The number of benzene rings is 2. The predicted octanol–water partition coefficient (Wildman–Crippen LogP) is 4.14. The van der Waals surface area contributed by atoms with Crippen LogP contribution in [0.1, 0.15) is 11.7 Å². The molecule has 5 heteroatoms. The second-order valence-corrected chi connectivity index (χ2v) is 4.74. The molecular formula is C17H13FN2O2. The second kappa shape index (κ2) is 5.81. The Morgan fingerprint density at radius 2 is 1.59 bits per heavy atom. The summed E-state index contributed by atoms with van der Waals surface area (Å²) in [5.74, 6) is 0.766. The van der Waals surface area contributed by atoms with Crippen molar-refractivity contribution in [3.8, 4) is 22.8 Å². The van der Waals surface area contributed by atoms with Gasteiger partial charge in [-0.2, -0.15) is 5.10 Å². The number of hydrogen-bond acceptors (Lipinski definition) is 3. The van der Waals surface area contributed by atoms with Crippen molar-refractivity contribution < 1.29 is 13.9 Å². The Morgan fingerprint density at radius 3 is 2.14 bits per heavy atom. The topological polar surface area (TPSA) is 44.1 Å².